The van der Waals surface area contributed by atoms with E-state index in [9.17, 15) is 12.8 Å². The third kappa shape index (κ3) is 3.05. The molecule has 2 aromatic rings. The fourth-order valence-electron chi connectivity index (χ4n) is 1.56. The Labute approximate surface area is 119 Å². The van der Waals surface area contributed by atoms with Gasteiger partial charge in [-0.2, -0.15) is 4.31 Å². The molecule has 0 aliphatic carbocycles. The van der Waals surface area contributed by atoms with Crippen molar-refractivity contribution in [2.45, 2.75) is 11.4 Å². The van der Waals surface area contributed by atoms with Crippen LogP contribution in [0.15, 0.2) is 50.4 Å². The minimum Gasteiger partial charge on any atom is -0.453 e. The van der Waals surface area contributed by atoms with Gasteiger partial charge in [0.15, 0.2) is 4.67 Å². The van der Waals surface area contributed by atoms with Crippen molar-refractivity contribution >= 4 is 26.0 Å². The van der Waals surface area contributed by atoms with Crippen LogP contribution in [0.4, 0.5) is 4.39 Å². The number of sulfonamides is 1. The van der Waals surface area contributed by atoms with E-state index in [0.717, 1.165) is 10.4 Å². The van der Waals surface area contributed by atoms with Crippen LogP contribution in [0.5, 0.6) is 0 Å². The van der Waals surface area contributed by atoms with Crippen LogP contribution >= 0.6 is 15.9 Å². The zero-order chi connectivity index (χ0) is 14.0. The van der Waals surface area contributed by atoms with Gasteiger partial charge in [0.2, 0.25) is 10.0 Å². The van der Waals surface area contributed by atoms with E-state index in [4.69, 9.17) is 4.42 Å². The first-order valence-electron chi connectivity index (χ1n) is 5.36. The summed E-state index contributed by atoms with van der Waals surface area (Å²) in [7, 11) is -2.50. The number of furan rings is 1. The van der Waals surface area contributed by atoms with Gasteiger partial charge in [-0.25, -0.2) is 12.8 Å². The van der Waals surface area contributed by atoms with Crippen molar-refractivity contribution in [1.29, 1.82) is 0 Å². The van der Waals surface area contributed by atoms with E-state index in [2.05, 4.69) is 15.9 Å². The molecule has 1 aromatic carbocycles. The van der Waals surface area contributed by atoms with Crippen molar-refractivity contribution in [3.63, 3.8) is 0 Å². The molecule has 0 atom stereocenters. The molecule has 7 heteroatoms. The highest BCUT2D eigenvalue weighted by Gasteiger charge is 2.24. The van der Waals surface area contributed by atoms with Crippen LogP contribution in [0.25, 0.3) is 0 Å². The predicted octanol–water partition coefficient (Wildman–Crippen LogP) is 3.00. The van der Waals surface area contributed by atoms with Crippen LogP contribution in [0.3, 0.4) is 0 Å². The van der Waals surface area contributed by atoms with Gasteiger partial charge in [0.1, 0.15) is 16.5 Å². The summed E-state index contributed by atoms with van der Waals surface area (Å²) in [5, 5.41) is 0. The maximum atomic E-state index is 13.6. The van der Waals surface area contributed by atoms with Gasteiger partial charge in [0.05, 0.1) is 6.54 Å². The Balaban J connectivity index is 2.27. The summed E-state index contributed by atoms with van der Waals surface area (Å²) in [6.07, 6.45) is 0. The van der Waals surface area contributed by atoms with E-state index in [1.165, 1.54) is 25.2 Å². The van der Waals surface area contributed by atoms with Crippen LogP contribution in [0.1, 0.15) is 5.76 Å². The largest absolute Gasteiger partial charge is 0.453 e. The number of halogens is 2. The second-order valence-electron chi connectivity index (χ2n) is 3.90. The van der Waals surface area contributed by atoms with Gasteiger partial charge in [0.25, 0.3) is 0 Å². The van der Waals surface area contributed by atoms with Gasteiger partial charge < -0.3 is 4.42 Å². The number of benzene rings is 1. The van der Waals surface area contributed by atoms with Gasteiger partial charge in [-0.15, -0.1) is 0 Å². The van der Waals surface area contributed by atoms with Crippen molar-refractivity contribution in [3.05, 3.63) is 52.6 Å². The molecule has 0 radical (unpaired) electrons. The molecule has 0 aliphatic rings. The Morgan fingerprint density at radius 3 is 2.53 bits per heavy atom. The molecule has 4 nitrogen and oxygen atoms in total. The zero-order valence-electron chi connectivity index (χ0n) is 10.0. The quantitative estimate of drug-likeness (QED) is 0.854. The smallest absolute Gasteiger partial charge is 0.246 e. The Hall–Kier alpha value is -1.18. The fourth-order valence-corrected chi connectivity index (χ4v) is 3.10. The molecule has 0 saturated carbocycles. The molecule has 0 bridgehead atoms. The summed E-state index contributed by atoms with van der Waals surface area (Å²) in [6, 6.07) is 8.59. The molecule has 102 valence electrons. The average molecular weight is 348 g/mol. The molecule has 0 fully saturated rings. The monoisotopic (exact) mass is 347 g/mol. The van der Waals surface area contributed by atoms with E-state index in [1.807, 2.05) is 0 Å². The van der Waals surface area contributed by atoms with Gasteiger partial charge >= 0.3 is 0 Å². The first-order valence-corrected chi connectivity index (χ1v) is 7.59. The third-order valence-corrected chi connectivity index (χ3v) is 4.80. The van der Waals surface area contributed by atoms with E-state index in [0.29, 0.717) is 10.4 Å². The highest BCUT2D eigenvalue weighted by atomic mass is 79.9. The maximum absolute atomic E-state index is 13.6. The highest BCUT2D eigenvalue weighted by Crippen LogP contribution is 2.21. The van der Waals surface area contributed by atoms with Crippen LogP contribution in [0, 0.1) is 5.82 Å². The molecule has 19 heavy (non-hydrogen) atoms. The Bertz CT molecular complexity index is 684. The standard InChI is InChI=1S/C12H11BrFNO3S/c1-15(8-9-6-7-12(13)18-9)19(16,17)11-5-3-2-4-10(11)14/h2-7H,8H2,1H3. The predicted molar refractivity (Wildman–Crippen MR) is 71.5 cm³/mol. The van der Waals surface area contributed by atoms with Gasteiger partial charge in [-0.3, -0.25) is 0 Å². The molecular formula is C12H11BrFNO3S. The lowest BCUT2D eigenvalue weighted by molar-refractivity contribution is 0.396. The molecule has 0 unspecified atom stereocenters. The lowest BCUT2D eigenvalue weighted by Gasteiger charge is -2.16. The Morgan fingerprint density at radius 2 is 1.95 bits per heavy atom. The number of hydrogen-bond donors (Lipinski definition) is 0. The summed E-state index contributed by atoms with van der Waals surface area (Å²) >= 11 is 3.13. The topological polar surface area (TPSA) is 50.5 Å². The van der Waals surface area contributed by atoms with Gasteiger partial charge in [-0.05, 0) is 40.2 Å². The van der Waals surface area contributed by atoms with Crippen LogP contribution in [-0.4, -0.2) is 19.8 Å². The number of hydrogen-bond acceptors (Lipinski definition) is 3. The first-order chi connectivity index (χ1) is 8.91. The lowest BCUT2D eigenvalue weighted by Crippen LogP contribution is -2.27. The Morgan fingerprint density at radius 1 is 1.26 bits per heavy atom. The second-order valence-corrected chi connectivity index (χ2v) is 6.69. The van der Waals surface area contributed by atoms with Crippen LogP contribution in [0.2, 0.25) is 0 Å². The molecular weight excluding hydrogens is 337 g/mol. The van der Waals surface area contributed by atoms with E-state index >= 15 is 0 Å². The summed E-state index contributed by atoms with van der Waals surface area (Å²) in [6.45, 7) is 0.0300. The van der Waals surface area contributed by atoms with Gasteiger partial charge in [0, 0.05) is 7.05 Å². The van der Waals surface area contributed by atoms with Crippen LogP contribution in [-0.2, 0) is 16.6 Å². The van der Waals surface area contributed by atoms with E-state index in [-0.39, 0.29) is 11.4 Å². The highest BCUT2D eigenvalue weighted by molar-refractivity contribution is 9.10. The molecule has 0 spiro atoms. The van der Waals surface area contributed by atoms with Crippen molar-refractivity contribution in [1.82, 2.24) is 4.31 Å². The van der Waals surface area contributed by atoms with Crippen molar-refractivity contribution < 1.29 is 17.2 Å². The molecule has 0 saturated heterocycles. The minimum atomic E-state index is -3.88. The first kappa shape index (κ1) is 14.2. The molecule has 0 amide bonds. The zero-order valence-corrected chi connectivity index (χ0v) is 12.4. The summed E-state index contributed by atoms with van der Waals surface area (Å²) < 4.78 is 44.7. The number of rotatable bonds is 4. The maximum Gasteiger partial charge on any atom is 0.246 e. The fraction of sp³-hybridized carbons (Fsp3) is 0.167. The summed E-state index contributed by atoms with van der Waals surface area (Å²) in [5.41, 5.74) is 0. The molecule has 0 aliphatic heterocycles. The Kier molecular flexibility index (Phi) is 4.07. The van der Waals surface area contributed by atoms with Crippen molar-refractivity contribution in [2.24, 2.45) is 0 Å². The SMILES string of the molecule is CN(Cc1ccc(Br)o1)S(=O)(=O)c1ccccc1F. The molecule has 2 rings (SSSR count). The molecule has 1 heterocycles. The normalized spacial score (nSPS) is 12.0. The second kappa shape index (κ2) is 5.44. The van der Waals surface area contributed by atoms with Crippen molar-refractivity contribution in [2.75, 3.05) is 7.05 Å². The van der Waals surface area contributed by atoms with E-state index in [1.54, 1.807) is 12.1 Å². The molecule has 0 N–H and O–H groups in total. The lowest BCUT2D eigenvalue weighted by atomic mass is 10.4. The minimum absolute atomic E-state index is 0.0300. The summed E-state index contributed by atoms with van der Waals surface area (Å²) in [5.74, 6) is -0.302. The van der Waals surface area contributed by atoms with Gasteiger partial charge in [-0.1, -0.05) is 12.1 Å². The molecule has 1 aromatic heterocycles. The van der Waals surface area contributed by atoms with E-state index < -0.39 is 15.8 Å². The van der Waals surface area contributed by atoms with Crippen molar-refractivity contribution in [3.8, 4) is 0 Å². The average Bonchev–Trinajstić information content (AvgIpc) is 2.75. The summed E-state index contributed by atoms with van der Waals surface area (Å²) in [4.78, 5) is -0.344. The third-order valence-electron chi connectivity index (χ3n) is 2.53. The van der Waals surface area contributed by atoms with Crippen LogP contribution < -0.4 is 0 Å². The number of nitrogens with zero attached hydrogens (tertiary/aromatic N) is 1.